The van der Waals surface area contributed by atoms with E-state index in [-0.39, 0.29) is 0 Å². The van der Waals surface area contributed by atoms with Crippen LogP contribution >= 0.6 is 0 Å². The van der Waals surface area contributed by atoms with Gasteiger partial charge >= 0.3 is 0 Å². The molecule has 2 aromatic rings. The van der Waals surface area contributed by atoms with Crippen LogP contribution in [0.1, 0.15) is 58.3 Å². The second-order valence-electron chi connectivity index (χ2n) is 5.67. The van der Waals surface area contributed by atoms with Crippen molar-refractivity contribution in [1.29, 1.82) is 0 Å². The average molecular weight is 301 g/mol. The predicted molar refractivity (Wildman–Crippen MR) is 89.9 cm³/mol. The number of rotatable bonds is 11. The van der Waals surface area contributed by atoms with E-state index < -0.39 is 0 Å². The monoisotopic (exact) mass is 301 g/mol. The lowest BCUT2D eigenvalue weighted by atomic mass is 10.1. The minimum absolute atomic E-state index is 0.778. The van der Waals surface area contributed by atoms with Gasteiger partial charge in [0.15, 0.2) is 0 Å². The summed E-state index contributed by atoms with van der Waals surface area (Å²) in [6, 6.07) is 5.83. The number of nitrogens with one attached hydrogen (secondary N) is 1. The number of nitrogens with zero attached hydrogens (tertiary/aromatic N) is 2. The first-order valence-electron chi connectivity index (χ1n) is 8.48. The summed E-state index contributed by atoms with van der Waals surface area (Å²) in [5.74, 6) is 0.839. The van der Waals surface area contributed by atoms with E-state index >= 15 is 0 Å². The fourth-order valence-electron chi connectivity index (χ4n) is 2.45. The van der Waals surface area contributed by atoms with Crippen molar-refractivity contribution in [3.8, 4) is 17.1 Å². The second-order valence-corrected chi connectivity index (χ2v) is 5.67. The number of aromatic nitrogens is 3. The van der Waals surface area contributed by atoms with E-state index in [0.717, 1.165) is 30.2 Å². The predicted octanol–water partition coefficient (Wildman–Crippen LogP) is 4.99. The first-order valence-corrected chi connectivity index (χ1v) is 8.48. The van der Waals surface area contributed by atoms with Crippen molar-refractivity contribution in [3.05, 3.63) is 30.6 Å². The summed E-state index contributed by atoms with van der Waals surface area (Å²) in [5.41, 5.74) is 1.81. The Labute approximate surface area is 133 Å². The maximum Gasteiger partial charge on any atom is 0.137 e. The molecule has 0 fully saturated rings. The molecule has 1 N–H and O–H groups in total. The number of ether oxygens (including phenoxy) is 1. The van der Waals surface area contributed by atoms with Gasteiger partial charge in [0.05, 0.1) is 24.2 Å². The molecule has 0 aliphatic rings. The molecule has 0 unspecified atom stereocenters. The van der Waals surface area contributed by atoms with Gasteiger partial charge in [0.2, 0.25) is 0 Å². The number of hydrogen-bond donors (Lipinski definition) is 1. The van der Waals surface area contributed by atoms with Gasteiger partial charge in [-0.25, -0.2) is 0 Å². The molecular weight excluding hydrogens is 274 g/mol. The largest absolute Gasteiger partial charge is 0.492 e. The van der Waals surface area contributed by atoms with Gasteiger partial charge in [0, 0.05) is 6.20 Å². The minimum Gasteiger partial charge on any atom is -0.492 e. The van der Waals surface area contributed by atoms with Gasteiger partial charge < -0.3 is 4.74 Å². The molecule has 0 aromatic carbocycles. The van der Waals surface area contributed by atoms with E-state index in [9.17, 15) is 0 Å². The van der Waals surface area contributed by atoms with Crippen LogP contribution in [-0.2, 0) is 0 Å². The molecule has 0 saturated heterocycles. The van der Waals surface area contributed by atoms with Crippen LogP contribution in [0, 0.1) is 0 Å². The smallest absolute Gasteiger partial charge is 0.137 e. The number of hydrogen-bond acceptors (Lipinski definition) is 3. The van der Waals surface area contributed by atoms with Gasteiger partial charge in [-0.3, -0.25) is 10.1 Å². The molecule has 0 radical (unpaired) electrons. The van der Waals surface area contributed by atoms with Crippen LogP contribution in [0.5, 0.6) is 5.75 Å². The van der Waals surface area contributed by atoms with Crippen molar-refractivity contribution in [2.45, 2.75) is 58.3 Å². The Morgan fingerprint density at radius 3 is 2.36 bits per heavy atom. The Morgan fingerprint density at radius 1 is 0.955 bits per heavy atom. The van der Waals surface area contributed by atoms with Crippen LogP contribution in [0.3, 0.4) is 0 Å². The average Bonchev–Trinajstić information content (AvgIpc) is 3.08. The molecule has 2 aromatic heterocycles. The Morgan fingerprint density at radius 2 is 1.73 bits per heavy atom. The first-order chi connectivity index (χ1) is 10.9. The van der Waals surface area contributed by atoms with Crippen molar-refractivity contribution in [3.63, 3.8) is 0 Å². The van der Waals surface area contributed by atoms with E-state index in [4.69, 9.17) is 4.74 Å². The molecule has 2 heterocycles. The minimum atomic E-state index is 0.778. The summed E-state index contributed by atoms with van der Waals surface area (Å²) < 4.78 is 5.74. The van der Waals surface area contributed by atoms with Crippen LogP contribution in [0.4, 0.5) is 0 Å². The molecule has 120 valence electrons. The zero-order valence-electron chi connectivity index (χ0n) is 13.6. The lowest BCUT2D eigenvalue weighted by Gasteiger charge is -2.06. The molecule has 0 aliphatic carbocycles. The highest BCUT2D eigenvalue weighted by atomic mass is 16.5. The van der Waals surface area contributed by atoms with E-state index in [1.54, 1.807) is 12.4 Å². The Hall–Kier alpha value is -1.84. The third kappa shape index (κ3) is 5.88. The second kappa shape index (κ2) is 9.98. The van der Waals surface area contributed by atoms with E-state index in [0.29, 0.717) is 0 Å². The quantitative estimate of drug-likeness (QED) is 0.595. The third-order valence-corrected chi connectivity index (χ3v) is 3.78. The molecule has 0 saturated carbocycles. The summed E-state index contributed by atoms with van der Waals surface area (Å²) >= 11 is 0. The van der Waals surface area contributed by atoms with Crippen molar-refractivity contribution < 1.29 is 4.74 Å². The molecule has 0 atom stereocenters. The first kappa shape index (κ1) is 16.5. The number of pyridine rings is 1. The topological polar surface area (TPSA) is 50.8 Å². The highest BCUT2D eigenvalue weighted by molar-refractivity contribution is 5.53. The zero-order chi connectivity index (χ0) is 15.5. The van der Waals surface area contributed by atoms with Gasteiger partial charge in [-0.2, -0.15) is 5.10 Å². The number of unbranched alkanes of at least 4 members (excludes halogenated alkanes) is 7. The van der Waals surface area contributed by atoms with Gasteiger partial charge in [0.25, 0.3) is 0 Å². The van der Waals surface area contributed by atoms with E-state index in [2.05, 4.69) is 22.1 Å². The van der Waals surface area contributed by atoms with Crippen LogP contribution in [-0.4, -0.2) is 21.8 Å². The molecule has 0 amide bonds. The summed E-state index contributed by atoms with van der Waals surface area (Å²) in [7, 11) is 0. The SMILES string of the molecule is CCCCCCCCCCOc1ccc(-c2ccn[nH]2)nc1. The normalized spacial score (nSPS) is 10.8. The van der Waals surface area contributed by atoms with Crippen molar-refractivity contribution in [2.24, 2.45) is 0 Å². The zero-order valence-corrected chi connectivity index (χ0v) is 13.6. The molecule has 0 bridgehead atoms. The highest BCUT2D eigenvalue weighted by Crippen LogP contribution is 2.17. The highest BCUT2D eigenvalue weighted by Gasteiger charge is 2.01. The van der Waals surface area contributed by atoms with Gasteiger partial charge in [0.1, 0.15) is 5.75 Å². The van der Waals surface area contributed by atoms with Crippen LogP contribution in [0.2, 0.25) is 0 Å². The number of H-pyrrole nitrogens is 1. The van der Waals surface area contributed by atoms with Crippen LogP contribution in [0.15, 0.2) is 30.6 Å². The standard InChI is InChI=1S/C18H27N3O/c1-2-3-4-5-6-7-8-9-14-22-16-10-11-17(19-15-16)18-12-13-20-21-18/h10-13,15H,2-9,14H2,1H3,(H,20,21). The molecule has 22 heavy (non-hydrogen) atoms. The molecule has 4 nitrogen and oxygen atoms in total. The summed E-state index contributed by atoms with van der Waals surface area (Å²) in [4.78, 5) is 4.38. The Balaban J connectivity index is 1.56. The van der Waals surface area contributed by atoms with Crippen molar-refractivity contribution in [2.75, 3.05) is 6.61 Å². The molecular formula is C18H27N3O. The maximum atomic E-state index is 5.74. The Kier molecular flexibility index (Phi) is 7.50. The fraction of sp³-hybridized carbons (Fsp3) is 0.556. The Bertz CT molecular complexity index is 494. The maximum absolute atomic E-state index is 5.74. The molecule has 4 heteroatoms. The van der Waals surface area contributed by atoms with Crippen LogP contribution < -0.4 is 4.74 Å². The summed E-state index contributed by atoms with van der Waals surface area (Å²) in [6.45, 7) is 3.04. The van der Waals surface area contributed by atoms with E-state index in [1.165, 1.54) is 44.9 Å². The van der Waals surface area contributed by atoms with Crippen LogP contribution in [0.25, 0.3) is 11.4 Å². The lowest BCUT2D eigenvalue weighted by molar-refractivity contribution is 0.303. The van der Waals surface area contributed by atoms with Gasteiger partial charge in [-0.1, -0.05) is 51.9 Å². The molecule has 0 spiro atoms. The lowest BCUT2D eigenvalue weighted by Crippen LogP contribution is -1.98. The summed E-state index contributed by atoms with van der Waals surface area (Å²) in [6.07, 6.45) is 14.0. The van der Waals surface area contributed by atoms with Gasteiger partial charge in [-0.15, -0.1) is 0 Å². The fourth-order valence-corrected chi connectivity index (χ4v) is 2.45. The third-order valence-electron chi connectivity index (χ3n) is 3.78. The van der Waals surface area contributed by atoms with E-state index in [1.807, 2.05) is 18.2 Å². The summed E-state index contributed by atoms with van der Waals surface area (Å²) in [5, 5.41) is 6.83. The van der Waals surface area contributed by atoms with Gasteiger partial charge in [-0.05, 0) is 24.6 Å². The molecule has 0 aliphatic heterocycles. The number of aromatic amines is 1. The van der Waals surface area contributed by atoms with Crippen molar-refractivity contribution >= 4 is 0 Å². The van der Waals surface area contributed by atoms with Crippen molar-refractivity contribution in [1.82, 2.24) is 15.2 Å². The molecule has 2 rings (SSSR count).